The van der Waals surface area contributed by atoms with E-state index in [1.165, 1.54) is 4.57 Å². The first-order valence-electron chi connectivity index (χ1n) is 11.9. The number of likely N-dealkylation sites (N-methyl/N-ethyl adjacent to an activating group) is 1. The van der Waals surface area contributed by atoms with E-state index in [1.807, 2.05) is 73.7 Å². The zero-order valence-corrected chi connectivity index (χ0v) is 20.8. The number of benzene rings is 3. The maximum Gasteiger partial charge on any atom is 0.332 e. The third-order valence-electron chi connectivity index (χ3n) is 6.92. The van der Waals surface area contributed by atoms with Gasteiger partial charge in [-0.2, -0.15) is 0 Å². The van der Waals surface area contributed by atoms with Gasteiger partial charge in [-0.3, -0.25) is 13.9 Å². The molecule has 0 radical (unpaired) electrons. The molecule has 1 aromatic heterocycles. The quantitative estimate of drug-likeness (QED) is 0.422. The first-order chi connectivity index (χ1) is 16.9. The summed E-state index contributed by atoms with van der Waals surface area (Å²) in [5.74, 6) is 0. The second-order valence-corrected chi connectivity index (χ2v) is 9.66. The first kappa shape index (κ1) is 23.4. The number of piperazine rings is 1. The molecule has 0 bridgehead atoms. The molecule has 0 saturated carbocycles. The van der Waals surface area contributed by atoms with Crippen molar-refractivity contribution in [3.8, 4) is 0 Å². The van der Waals surface area contributed by atoms with Gasteiger partial charge in [-0.25, -0.2) is 4.79 Å². The average molecular weight is 489 g/mol. The fourth-order valence-electron chi connectivity index (χ4n) is 4.89. The predicted octanol–water partition coefficient (Wildman–Crippen LogP) is 4.23. The Hall–Kier alpha value is -3.35. The highest BCUT2D eigenvalue weighted by atomic mass is 35.5. The molecule has 1 aliphatic heterocycles. The number of hydrogen-bond acceptors (Lipinski definition) is 4. The van der Waals surface area contributed by atoms with Gasteiger partial charge in [0.05, 0.1) is 29.2 Å². The highest BCUT2D eigenvalue weighted by Gasteiger charge is 2.24. The van der Waals surface area contributed by atoms with Crippen LogP contribution in [0.5, 0.6) is 0 Å². The summed E-state index contributed by atoms with van der Waals surface area (Å²) in [6, 6.07) is 22.7. The van der Waals surface area contributed by atoms with Crippen molar-refractivity contribution in [1.29, 1.82) is 0 Å². The van der Waals surface area contributed by atoms with Gasteiger partial charge in [-0.15, -0.1) is 0 Å². The molecular weight excluding hydrogens is 460 g/mol. The molecule has 1 saturated heterocycles. The monoisotopic (exact) mass is 488 g/mol. The van der Waals surface area contributed by atoms with E-state index in [9.17, 15) is 9.59 Å². The summed E-state index contributed by atoms with van der Waals surface area (Å²) in [7, 11) is 2.10. The molecule has 1 fully saturated rings. The van der Waals surface area contributed by atoms with E-state index in [-0.39, 0.29) is 11.2 Å². The van der Waals surface area contributed by atoms with E-state index in [4.69, 9.17) is 11.6 Å². The van der Waals surface area contributed by atoms with Crippen LogP contribution in [0.15, 0.2) is 82.4 Å². The topological polar surface area (TPSA) is 50.5 Å². The molecular formula is C28H29ClN4O2. The molecule has 4 aromatic rings. The molecule has 2 heterocycles. The van der Waals surface area contributed by atoms with Crippen LogP contribution in [0.3, 0.4) is 0 Å². The van der Waals surface area contributed by atoms with Crippen molar-refractivity contribution in [3.05, 3.63) is 110 Å². The molecule has 6 nitrogen and oxygen atoms in total. The Balaban J connectivity index is 1.80. The number of fused-ring (bicyclic) bond motifs is 1. The van der Waals surface area contributed by atoms with Gasteiger partial charge in [0, 0.05) is 31.2 Å². The lowest BCUT2D eigenvalue weighted by Crippen LogP contribution is -2.46. The minimum atomic E-state index is -0.418. The van der Waals surface area contributed by atoms with Crippen LogP contribution in [0.2, 0.25) is 5.02 Å². The van der Waals surface area contributed by atoms with Crippen LogP contribution in [0.4, 0.5) is 5.69 Å². The van der Waals surface area contributed by atoms with Gasteiger partial charge < -0.3 is 9.80 Å². The zero-order valence-electron chi connectivity index (χ0n) is 20.0. The predicted molar refractivity (Wildman–Crippen MR) is 143 cm³/mol. The van der Waals surface area contributed by atoms with Crippen LogP contribution >= 0.6 is 11.6 Å². The van der Waals surface area contributed by atoms with Gasteiger partial charge in [0.25, 0.3) is 5.56 Å². The molecule has 0 unspecified atom stereocenters. The largest absolute Gasteiger partial charge is 0.368 e. The number of hydrogen-bond donors (Lipinski definition) is 0. The fraction of sp³-hybridized carbons (Fsp3) is 0.286. The highest BCUT2D eigenvalue weighted by Crippen LogP contribution is 2.30. The van der Waals surface area contributed by atoms with Gasteiger partial charge in [-0.1, -0.05) is 72.3 Å². The second-order valence-electron chi connectivity index (χ2n) is 9.23. The lowest BCUT2D eigenvalue weighted by atomic mass is 10.1. The number of halogens is 1. The van der Waals surface area contributed by atoms with Crippen LogP contribution < -0.4 is 16.1 Å². The summed E-state index contributed by atoms with van der Waals surface area (Å²) in [5, 5.41) is 1.05. The number of aromatic nitrogens is 2. The smallest absolute Gasteiger partial charge is 0.332 e. The number of nitrogens with zero attached hydrogens (tertiary/aromatic N) is 4. The number of rotatable bonds is 5. The minimum absolute atomic E-state index is 0.281. The summed E-state index contributed by atoms with van der Waals surface area (Å²) in [4.78, 5) is 32.5. The van der Waals surface area contributed by atoms with E-state index in [0.29, 0.717) is 22.5 Å². The molecule has 1 aliphatic rings. The summed E-state index contributed by atoms with van der Waals surface area (Å²) in [5.41, 5.74) is 2.63. The number of anilines is 1. The van der Waals surface area contributed by atoms with Crippen molar-refractivity contribution < 1.29 is 0 Å². The molecule has 7 heteroatoms. The van der Waals surface area contributed by atoms with Gasteiger partial charge in [0.2, 0.25) is 0 Å². The van der Waals surface area contributed by atoms with Gasteiger partial charge >= 0.3 is 5.69 Å². The van der Waals surface area contributed by atoms with Crippen LogP contribution in [0, 0.1) is 0 Å². The van der Waals surface area contributed by atoms with Crippen molar-refractivity contribution in [2.45, 2.75) is 19.5 Å². The lowest BCUT2D eigenvalue weighted by Gasteiger charge is -2.35. The maximum absolute atomic E-state index is 14.1. The summed E-state index contributed by atoms with van der Waals surface area (Å²) in [6.45, 7) is 5.62. The summed E-state index contributed by atoms with van der Waals surface area (Å²) >= 11 is 6.59. The Kier molecular flexibility index (Phi) is 6.50. The molecule has 3 aromatic carbocycles. The molecule has 180 valence electrons. The molecule has 0 spiro atoms. The SMILES string of the molecule is C[C@H](c1ccccc1)n1c(=O)c2c(N3CCN(C)CC3)cc(Cl)cc2n(Cc2ccccc2)c1=O. The second kappa shape index (κ2) is 9.72. The van der Waals surface area contributed by atoms with E-state index in [0.717, 1.165) is 43.0 Å². The van der Waals surface area contributed by atoms with Gasteiger partial charge in [0.15, 0.2) is 0 Å². The van der Waals surface area contributed by atoms with Crippen LogP contribution in [-0.2, 0) is 6.54 Å². The minimum Gasteiger partial charge on any atom is -0.368 e. The van der Waals surface area contributed by atoms with Crippen LogP contribution in [0.25, 0.3) is 10.9 Å². The van der Waals surface area contributed by atoms with Crippen LogP contribution in [-0.4, -0.2) is 47.3 Å². The van der Waals surface area contributed by atoms with Crippen molar-refractivity contribution in [2.24, 2.45) is 0 Å². The Morgan fingerprint density at radius 2 is 1.51 bits per heavy atom. The summed E-state index contributed by atoms with van der Waals surface area (Å²) in [6.07, 6.45) is 0. The zero-order chi connectivity index (χ0) is 24.5. The Morgan fingerprint density at radius 1 is 0.886 bits per heavy atom. The van der Waals surface area contributed by atoms with Crippen molar-refractivity contribution >= 4 is 28.2 Å². The normalized spacial score (nSPS) is 15.5. The molecule has 0 aliphatic carbocycles. The van der Waals surface area contributed by atoms with Crippen LogP contribution in [0.1, 0.15) is 24.1 Å². The van der Waals surface area contributed by atoms with Gasteiger partial charge in [-0.05, 0) is 37.2 Å². The van der Waals surface area contributed by atoms with E-state index in [2.05, 4.69) is 16.8 Å². The third kappa shape index (κ3) is 4.51. The highest BCUT2D eigenvalue weighted by molar-refractivity contribution is 6.31. The molecule has 0 N–H and O–H groups in total. The molecule has 1 atom stereocenters. The van der Waals surface area contributed by atoms with E-state index < -0.39 is 6.04 Å². The molecule has 0 amide bonds. The van der Waals surface area contributed by atoms with Crippen molar-refractivity contribution in [1.82, 2.24) is 14.0 Å². The first-order valence-corrected chi connectivity index (χ1v) is 12.3. The van der Waals surface area contributed by atoms with Crippen molar-refractivity contribution in [2.75, 3.05) is 38.1 Å². The van der Waals surface area contributed by atoms with E-state index >= 15 is 0 Å². The third-order valence-corrected chi connectivity index (χ3v) is 7.14. The maximum atomic E-state index is 14.1. The van der Waals surface area contributed by atoms with Crippen molar-refractivity contribution in [3.63, 3.8) is 0 Å². The molecule has 5 rings (SSSR count). The standard InChI is InChI=1S/C28H29ClN4O2/c1-20(22-11-7-4-8-12-22)33-27(34)26-24(31-15-13-30(2)14-16-31)17-23(29)18-25(26)32(28(33)35)19-21-9-5-3-6-10-21/h3-12,17-18,20H,13-16,19H2,1-2H3/t20-/m1/s1. The molecule has 35 heavy (non-hydrogen) atoms. The van der Waals surface area contributed by atoms with Gasteiger partial charge in [0.1, 0.15) is 0 Å². The fourth-order valence-corrected chi connectivity index (χ4v) is 5.10. The average Bonchev–Trinajstić information content (AvgIpc) is 2.87. The van der Waals surface area contributed by atoms with E-state index in [1.54, 1.807) is 10.6 Å². The Bertz CT molecular complexity index is 1460. The Morgan fingerprint density at radius 3 is 2.17 bits per heavy atom. The summed E-state index contributed by atoms with van der Waals surface area (Å²) < 4.78 is 3.09. The Labute approximate surface area is 209 Å². The lowest BCUT2D eigenvalue weighted by molar-refractivity contribution is 0.313.